The zero-order valence-corrected chi connectivity index (χ0v) is 12.9. The van der Waals surface area contributed by atoms with Gasteiger partial charge in [0.15, 0.2) is 9.84 Å². The van der Waals surface area contributed by atoms with Gasteiger partial charge in [0.05, 0.1) is 24.7 Å². The van der Waals surface area contributed by atoms with E-state index in [9.17, 15) is 8.42 Å². The Bertz CT molecular complexity index is 565. The van der Waals surface area contributed by atoms with Gasteiger partial charge < -0.3 is 10.1 Å². The van der Waals surface area contributed by atoms with Crippen LogP contribution in [0.3, 0.4) is 0 Å². The summed E-state index contributed by atoms with van der Waals surface area (Å²) in [7, 11) is -2.82. The molecule has 0 saturated carbocycles. The molecule has 2 aliphatic heterocycles. The van der Waals surface area contributed by atoms with E-state index in [0.29, 0.717) is 12.2 Å². The largest absolute Gasteiger partial charge is 0.381 e. The molecule has 0 aliphatic carbocycles. The fraction of sp³-hybridized carbons (Fsp3) is 0.600. The average molecular weight is 310 g/mol. The predicted octanol–water partition coefficient (Wildman–Crippen LogP) is 1.12. The fourth-order valence-corrected chi connectivity index (χ4v) is 4.54. The number of anilines is 1. The van der Waals surface area contributed by atoms with Crippen LogP contribution in [0, 0.1) is 0 Å². The molecule has 116 valence electrons. The number of morpholine rings is 1. The molecule has 21 heavy (non-hydrogen) atoms. The first kappa shape index (κ1) is 14.8. The second kappa shape index (κ2) is 6.34. The highest BCUT2D eigenvalue weighted by atomic mass is 32.2. The Morgan fingerprint density at radius 1 is 1.19 bits per heavy atom. The first-order valence-electron chi connectivity index (χ1n) is 7.47. The average Bonchev–Trinajstić information content (AvgIpc) is 2.81. The number of nitrogens with one attached hydrogen (secondary N) is 1. The standard InChI is InChI=1S/C15H22N2O3S/c18-21(19)10-5-15(12-21)16-14-3-1-13(2-4-14)11-17-6-8-20-9-7-17/h1-4,15-16H,5-12H2. The smallest absolute Gasteiger partial charge is 0.152 e. The highest BCUT2D eigenvalue weighted by Gasteiger charge is 2.27. The summed E-state index contributed by atoms with van der Waals surface area (Å²) >= 11 is 0. The monoisotopic (exact) mass is 310 g/mol. The summed E-state index contributed by atoms with van der Waals surface area (Å²) < 4.78 is 28.2. The maximum absolute atomic E-state index is 11.5. The van der Waals surface area contributed by atoms with E-state index in [1.54, 1.807) is 0 Å². The molecule has 2 saturated heterocycles. The van der Waals surface area contributed by atoms with Crippen LogP contribution in [0.1, 0.15) is 12.0 Å². The van der Waals surface area contributed by atoms with Crippen molar-refractivity contribution in [2.75, 3.05) is 43.1 Å². The molecule has 5 nitrogen and oxygen atoms in total. The number of hydrogen-bond donors (Lipinski definition) is 1. The number of benzene rings is 1. The second-order valence-corrected chi connectivity index (χ2v) is 8.06. The van der Waals surface area contributed by atoms with Crippen LogP contribution in [-0.4, -0.2) is 57.2 Å². The number of rotatable bonds is 4. The van der Waals surface area contributed by atoms with Gasteiger partial charge in [-0.1, -0.05) is 12.1 Å². The van der Waals surface area contributed by atoms with Crippen molar-refractivity contribution in [3.63, 3.8) is 0 Å². The van der Waals surface area contributed by atoms with Gasteiger partial charge in [0, 0.05) is 31.4 Å². The number of ether oxygens (including phenoxy) is 1. The molecule has 1 unspecified atom stereocenters. The zero-order chi connectivity index (χ0) is 14.7. The van der Waals surface area contributed by atoms with Gasteiger partial charge in [0.25, 0.3) is 0 Å². The molecule has 6 heteroatoms. The van der Waals surface area contributed by atoms with Crippen molar-refractivity contribution in [1.29, 1.82) is 0 Å². The van der Waals surface area contributed by atoms with Gasteiger partial charge in [0.1, 0.15) is 0 Å². The fourth-order valence-electron chi connectivity index (χ4n) is 2.87. The number of sulfone groups is 1. The lowest BCUT2D eigenvalue weighted by Crippen LogP contribution is -2.35. The van der Waals surface area contributed by atoms with Gasteiger partial charge in [-0.3, -0.25) is 4.90 Å². The van der Waals surface area contributed by atoms with Gasteiger partial charge in [-0.15, -0.1) is 0 Å². The summed E-state index contributed by atoms with van der Waals surface area (Å²) in [6.07, 6.45) is 0.706. The van der Waals surface area contributed by atoms with E-state index in [-0.39, 0.29) is 11.8 Å². The van der Waals surface area contributed by atoms with Crippen molar-refractivity contribution in [3.8, 4) is 0 Å². The summed E-state index contributed by atoms with van der Waals surface area (Å²) in [5, 5.41) is 3.31. The Hall–Kier alpha value is -1.11. The molecular formula is C15H22N2O3S. The van der Waals surface area contributed by atoms with Crippen molar-refractivity contribution in [1.82, 2.24) is 4.90 Å². The summed E-state index contributed by atoms with van der Waals surface area (Å²) in [5.74, 6) is 0.558. The number of hydrogen-bond acceptors (Lipinski definition) is 5. The Labute approximate surface area is 126 Å². The maximum Gasteiger partial charge on any atom is 0.152 e. The lowest BCUT2D eigenvalue weighted by Gasteiger charge is -2.26. The molecule has 2 heterocycles. The Morgan fingerprint density at radius 2 is 1.90 bits per heavy atom. The van der Waals surface area contributed by atoms with E-state index in [2.05, 4.69) is 22.3 Å². The molecule has 1 aromatic carbocycles. The molecule has 0 radical (unpaired) electrons. The zero-order valence-electron chi connectivity index (χ0n) is 12.1. The van der Waals surface area contributed by atoms with Crippen LogP contribution in [0.25, 0.3) is 0 Å². The molecule has 3 rings (SSSR count). The van der Waals surface area contributed by atoms with Crippen molar-refractivity contribution < 1.29 is 13.2 Å². The molecule has 0 spiro atoms. The van der Waals surface area contributed by atoms with Crippen molar-refractivity contribution >= 4 is 15.5 Å². The normalized spacial score (nSPS) is 25.8. The minimum absolute atomic E-state index is 0.0556. The van der Waals surface area contributed by atoms with E-state index in [1.807, 2.05) is 12.1 Å². The minimum atomic E-state index is -2.82. The molecule has 2 aliphatic rings. The molecular weight excluding hydrogens is 288 g/mol. The summed E-state index contributed by atoms with van der Waals surface area (Å²) in [6, 6.07) is 8.37. The van der Waals surface area contributed by atoms with Crippen molar-refractivity contribution in [3.05, 3.63) is 29.8 Å². The maximum atomic E-state index is 11.5. The lowest BCUT2D eigenvalue weighted by molar-refractivity contribution is 0.0342. The molecule has 1 aromatic rings. The first-order chi connectivity index (χ1) is 10.1. The summed E-state index contributed by atoms with van der Waals surface area (Å²) in [4.78, 5) is 2.38. The second-order valence-electron chi connectivity index (χ2n) is 5.83. The molecule has 1 N–H and O–H groups in total. The van der Waals surface area contributed by atoms with Crippen LogP contribution in [0.4, 0.5) is 5.69 Å². The number of nitrogens with zero attached hydrogens (tertiary/aromatic N) is 1. The van der Waals surface area contributed by atoms with Crippen LogP contribution in [0.15, 0.2) is 24.3 Å². The Morgan fingerprint density at radius 3 is 2.52 bits per heavy atom. The molecule has 0 aromatic heterocycles. The highest BCUT2D eigenvalue weighted by molar-refractivity contribution is 7.91. The van der Waals surface area contributed by atoms with E-state index >= 15 is 0 Å². The van der Waals surface area contributed by atoms with Crippen LogP contribution < -0.4 is 5.32 Å². The van der Waals surface area contributed by atoms with Gasteiger partial charge in [-0.05, 0) is 24.1 Å². The molecule has 1 atom stereocenters. The van der Waals surface area contributed by atoms with E-state index in [0.717, 1.165) is 38.5 Å². The van der Waals surface area contributed by atoms with Crippen molar-refractivity contribution in [2.24, 2.45) is 0 Å². The lowest BCUT2D eigenvalue weighted by atomic mass is 10.1. The van der Waals surface area contributed by atoms with E-state index in [1.165, 1.54) is 5.56 Å². The highest BCUT2D eigenvalue weighted by Crippen LogP contribution is 2.18. The molecule has 0 amide bonds. The van der Waals surface area contributed by atoms with Crippen LogP contribution in [0.2, 0.25) is 0 Å². The van der Waals surface area contributed by atoms with Gasteiger partial charge in [0.2, 0.25) is 0 Å². The van der Waals surface area contributed by atoms with E-state index in [4.69, 9.17) is 4.74 Å². The third-order valence-electron chi connectivity index (χ3n) is 4.07. The third kappa shape index (κ3) is 4.18. The third-order valence-corrected chi connectivity index (χ3v) is 5.83. The van der Waals surface area contributed by atoms with Gasteiger partial charge in [-0.25, -0.2) is 8.42 Å². The summed E-state index contributed by atoms with van der Waals surface area (Å²) in [5.41, 5.74) is 2.28. The van der Waals surface area contributed by atoms with E-state index < -0.39 is 9.84 Å². The molecule has 2 fully saturated rings. The van der Waals surface area contributed by atoms with Crippen molar-refractivity contribution in [2.45, 2.75) is 19.0 Å². The first-order valence-corrected chi connectivity index (χ1v) is 9.29. The van der Waals surface area contributed by atoms with Gasteiger partial charge in [-0.2, -0.15) is 0 Å². The SMILES string of the molecule is O=S1(=O)CCC(Nc2ccc(CN3CCOCC3)cc2)C1. The quantitative estimate of drug-likeness (QED) is 0.903. The van der Waals surface area contributed by atoms with Crippen LogP contribution >= 0.6 is 0 Å². The van der Waals surface area contributed by atoms with Gasteiger partial charge >= 0.3 is 0 Å². The topological polar surface area (TPSA) is 58.6 Å². The predicted molar refractivity (Wildman–Crippen MR) is 83.2 cm³/mol. The summed E-state index contributed by atoms with van der Waals surface area (Å²) in [6.45, 7) is 4.55. The Balaban J connectivity index is 1.54. The molecule has 0 bridgehead atoms. The minimum Gasteiger partial charge on any atom is -0.381 e. The van der Waals surface area contributed by atoms with Crippen LogP contribution in [0.5, 0.6) is 0 Å². The van der Waals surface area contributed by atoms with Crippen LogP contribution in [-0.2, 0) is 21.1 Å². The Kier molecular flexibility index (Phi) is 4.47.